The summed E-state index contributed by atoms with van der Waals surface area (Å²) < 4.78 is 31.4. The summed E-state index contributed by atoms with van der Waals surface area (Å²) in [7, 11) is -3.55. The van der Waals surface area contributed by atoms with E-state index in [0.717, 1.165) is 11.8 Å². The minimum absolute atomic E-state index is 0.0960. The van der Waals surface area contributed by atoms with Crippen LogP contribution in [0.1, 0.15) is 12.0 Å². The number of sulfonamides is 1. The van der Waals surface area contributed by atoms with Gasteiger partial charge in [-0.2, -0.15) is 0 Å². The third-order valence-corrected chi connectivity index (χ3v) is 6.10. The summed E-state index contributed by atoms with van der Waals surface area (Å²) in [5, 5.41) is 3.72. The van der Waals surface area contributed by atoms with Crippen molar-refractivity contribution >= 4 is 50.5 Å². The molecule has 1 amide bonds. The molecule has 1 N–H and O–H groups in total. The molecule has 9 heteroatoms. The molecule has 1 aliphatic rings. The monoisotopic (exact) mass is 428 g/mol. The Morgan fingerprint density at radius 1 is 1.26 bits per heavy atom. The Bertz CT molecular complexity index is 995. The van der Waals surface area contributed by atoms with Crippen LogP contribution in [0.2, 0.25) is 10.0 Å². The molecule has 1 heterocycles. The lowest BCUT2D eigenvalue weighted by Crippen LogP contribution is -2.36. The van der Waals surface area contributed by atoms with Gasteiger partial charge in [-0.1, -0.05) is 29.3 Å². The van der Waals surface area contributed by atoms with Gasteiger partial charge in [-0.05, 0) is 42.8 Å². The normalized spacial score (nSPS) is 16.9. The molecule has 2 aromatic rings. The molecule has 0 fully saturated rings. The molecule has 0 saturated heterocycles. The Kier molecular flexibility index (Phi) is 5.55. The third kappa shape index (κ3) is 4.31. The van der Waals surface area contributed by atoms with Crippen molar-refractivity contribution in [2.24, 2.45) is 0 Å². The van der Waals surface area contributed by atoms with Crippen molar-refractivity contribution in [3.05, 3.63) is 52.0 Å². The fourth-order valence-corrected chi connectivity index (χ4v) is 4.12. The summed E-state index contributed by atoms with van der Waals surface area (Å²) in [5.74, 6) is -0.0955. The van der Waals surface area contributed by atoms with Crippen molar-refractivity contribution < 1.29 is 17.9 Å². The highest BCUT2D eigenvalue weighted by Gasteiger charge is 2.31. The van der Waals surface area contributed by atoms with Crippen molar-refractivity contribution in [3.8, 4) is 5.75 Å². The molecule has 0 aliphatic carbocycles. The molecule has 1 atom stereocenters. The number of benzene rings is 2. The number of carbonyl (C=O) groups excluding carboxylic acids is 1. The Morgan fingerprint density at radius 2 is 2.00 bits per heavy atom. The summed E-state index contributed by atoms with van der Waals surface area (Å²) in [6.07, 6.45) is 0.424. The van der Waals surface area contributed by atoms with Gasteiger partial charge in [0, 0.05) is 28.7 Å². The van der Waals surface area contributed by atoms with Gasteiger partial charge >= 0.3 is 0 Å². The number of hydrogen-bond acceptors (Lipinski definition) is 4. The molecule has 0 spiro atoms. The molecule has 0 bridgehead atoms. The lowest BCUT2D eigenvalue weighted by atomic mass is 10.1. The van der Waals surface area contributed by atoms with E-state index in [4.69, 9.17) is 27.9 Å². The van der Waals surface area contributed by atoms with Gasteiger partial charge in [0.25, 0.3) is 5.91 Å². The van der Waals surface area contributed by atoms with Crippen LogP contribution in [0.15, 0.2) is 36.4 Å². The molecule has 144 valence electrons. The highest BCUT2D eigenvalue weighted by molar-refractivity contribution is 7.92. The average Bonchev–Trinajstić information content (AvgIpc) is 2.78. The molecular formula is C18H18Cl2N2O4S. The van der Waals surface area contributed by atoms with Gasteiger partial charge < -0.3 is 10.1 Å². The molecule has 0 unspecified atom stereocenters. The Labute approximate surface area is 168 Å². The predicted molar refractivity (Wildman–Crippen MR) is 107 cm³/mol. The number of carbonyl (C=O) groups is 1. The molecule has 2 aromatic carbocycles. The minimum atomic E-state index is -3.55. The van der Waals surface area contributed by atoms with Crippen LogP contribution in [0.25, 0.3) is 0 Å². The van der Waals surface area contributed by atoms with Gasteiger partial charge in [-0.15, -0.1) is 0 Å². The van der Waals surface area contributed by atoms with Crippen molar-refractivity contribution in [1.29, 1.82) is 0 Å². The first kappa shape index (κ1) is 19.8. The van der Waals surface area contributed by atoms with E-state index in [0.29, 0.717) is 21.4 Å². The van der Waals surface area contributed by atoms with E-state index in [-0.39, 0.29) is 24.6 Å². The molecular weight excluding hydrogens is 411 g/mol. The largest absolute Gasteiger partial charge is 0.478 e. The maximum Gasteiger partial charge on any atom is 0.265 e. The van der Waals surface area contributed by atoms with E-state index in [2.05, 4.69) is 5.32 Å². The molecule has 0 saturated carbocycles. The highest BCUT2D eigenvalue weighted by atomic mass is 35.5. The van der Waals surface area contributed by atoms with Crippen molar-refractivity contribution in [1.82, 2.24) is 0 Å². The van der Waals surface area contributed by atoms with E-state index in [1.807, 2.05) is 0 Å². The first-order valence-electron chi connectivity index (χ1n) is 8.16. The fraction of sp³-hybridized carbons (Fsp3) is 0.278. The number of halogens is 2. The number of amides is 1. The highest BCUT2D eigenvalue weighted by Crippen LogP contribution is 2.36. The van der Waals surface area contributed by atoms with E-state index in [1.165, 1.54) is 10.4 Å². The van der Waals surface area contributed by atoms with Crippen LogP contribution in [0, 0.1) is 6.92 Å². The lowest BCUT2D eigenvalue weighted by molar-refractivity contribution is -0.122. The van der Waals surface area contributed by atoms with Gasteiger partial charge in [0.1, 0.15) is 5.75 Å². The summed E-state index contributed by atoms with van der Waals surface area (Å²) in [6.45, 7) is 1.90. The van der Waals surface area contributed by atoms with E-state index < -0.39 is 16.1 Å². The first-order valence-corrected chi connectivity index (χ1v) is 10.8. The number of ether oxygens (including phenoxy) is 1. The number of nitrogens with zero attached hydrogens (tertiary/aromatic N) is 1. The third-order valence-electron chi connectivity index (χ3n) is 4.27. The summed E-state index contributed by atoms with van der Waals surface area (Å²) in [5.41, 5.74) is 1.64. The summed E-state index contributed by atoms with van der Waals surface area (Å²) in [6, 6.07) is 9.88. The summed E-state index contributed by atoms with van der Waals surface area (Å²) >= 11 is 12.1. The zero-order chi connectivity index (χ0) is 19.8. The van der Waals surface area contributed by atoms with Crippen molar-refractivity contribution in [2.75, 3.05) is 22.4 Å². The zero-order valence-corrected chi connectivity index (χ0v) is 17.0. The number of nitrogens with one attached hydrogen (secondary N) is 1. The van der Waals surface area contributed by atoms with Crippen LogP contribution in [-0.2, 0) is 14.8 Å². The number of rotatable bonds is 3. The van der Waals surface area contributed by atoms with Crippen LogP contribution in [-0.4, -0.2) is 33.2 Å². The van der Waals surface area contributed by atoms with Crippen LogP contribution in [0.3, 0.4) is 0 Å². The van der Waals surface area contributed by atoms with Crippen LogP contribution in [0.5, 0.6) is 5.75 Å². The maximum atomic E-state index is 12.7. The van der Waals surface area contributed by atoms with Crippen molar-refractivity contribution in [3.63, 3.8) is 0 Å². The minimum Gasteiger partial charge on any atom is -0.478 e. The smallest absolute Gasteiger partial charge is 0.265 e. The Morgan fingerprint density at radius 3 is 2.70 bits per heavy atom. The second-order valence-electron chi connectivity index (χ2n) is 6.24. The zero-order valence-electron chi connectivity index (χ0n) is 14.7. The van der Waals surface area contributed by atoms with Gasteiger partial charge in [0.2, 0.25) is 10.0 Å². The van der Waals surface area contributed by atoms with Crippen LogP contribution >= 0.6 is 23.2 Å². The van der Waals surface area contributed by atoms with Crippen LogP contribution in [0.4, 0.5) is 11.4 Å². The van der Waals surface area contributed by atoms with Crippen LogP contribution < -0.4 is 14.4 Å². The van der Waals surface area contributed by atoms with Gasteiger partial charge in [-0.25, -0.2) is 8.42 Å². The molecule has 6 nitrogen and oxygen atoms in total. The van der Waals surface area contributed by atoms with Crippen molar-refractivity contribution in [2.45, 2.75) is 19.4 Å². The molecule has 27 heavy (non-hydrogen) atoms. The predicted octanol–water partition coefficient (Wildman–Crippen LogP) is 3.86. The SMILES string of the molecule is Cc1c(Cl)cccc1NC(=O)[C@H]1CCN(S(C)(=O)=O)c2cc(Cl)ccc2O1. The molecule has 0 aromatic heterocycles. The molecule has 0 radical (unpaired) electrons. The second-order valence-corrected chi connectivity index (χ2v) is 8.99. The second kappa shape index (κ2) is 7.58. The standard InChI is InChI=1S/C18H18Cl2N2O4S/c1-11-13(20)4-3-5-14(11)21-18(23)17-8-9-22(27(2,24)25)15-10-12(19)6-7-16(15)26-17/h3-7,10,17H,8-9H2,1-2H3,(H,21,23)/t17-/m1/s1. The van der Waals surface area contributed by atoms with Gasteiger partial charge in [-0.3, -0.25) is 9.10 Å². The van der Waals surface area contributed by atoms with E-state index in [1.54, 1.807) is 37.3 Å². The number of hydrogen-bond donors (Lipinski definition) is 1. The van der Waals surface area contributed by atoms with Gasteiger partial charge in [0.05, 0.1) is 11.9 Å². The first-order chi connectivity index (χ1) is 12.7. The lowest BCUT2D eigenvalue weighted by Gasteiger charge is -2.21. The summed E-state index contributed by atoms with van der Waals surface area (Å²) in [4.78, 5) is 12.7. The van der Waals surface area contributed by atoms with E-state index in [9.17, 15) is 13.2 Å². The fourth-order valence-electron chi connectivity index (χ4n) is 2.84. The topological polar surface area (TPSA) is 75.7 Å². The Balaban J connectivity index is 1.90. The maximum absolute atomic E-state index is 12.7. The Hall–Kier alpha value is -1.96. The molecule has 3 rings (SSSR count). The number of fused-ring (bicyclic) bond motifs is 1. The number of anilines is 2. The average molecular weight is 429 g/mol. The van der Waals surface area contributed by atoms with E-state index >= 15 is 0 Å². The molecule has 1 aliphatic heterocycles. The van der Waals surface area contributed by atoms with Gasteiger partial charge in [0.15, 0.2) is 6.10 Å². The quantitative estimate of drug-likeness (QED) is 0.804.